The van der Waals surface area contributed by atoms with Crippen LogP contribution in [0.5, 0.6) is 0 Å². The molecule has 0 heterocycles. The number of rotatable bonds is 15. The summed E-state index contributed by atoms with van der Waals surface area (Å²) in [5, 5.41) is 27.3. The smallest absolute Gasteiger partial charge is 0.103 e. The Morgan fingerprint density at radius 1 is 0.750 bits per heavy atom. The van der Waals surface area contributed by atoms with E-state index >= 15 is 0 Å². The molecule has 3 N–H and O–H groups in total. The van der Waals surface area contributed by atoms with Crippen LogP contribution in [-0.2, 0) is 4.74 Å². The van der Waals surface area contributed by atoms with Crippen molar-refractivity contribution in [3.8, 4) is 0 Å². The van der Waals surface area contributed by atoms with Crippen LogP contribution in [0.15, 0.2) is 0 Å². The average molecular weight is 290 g/mol. The van der Waals surface area contributed by atoms with Gasteiger partial charge in [-0.05, 0) is 19.3 Å². The van der Waals surface area contributed by atoms with Crippen LogP contribution in [0.1, 0.15) is 71.1 Å². The van der Waals surface area contributed by atoms with Gasteiger partial charge < -0.3 is 20.1 Å². The lowest BCUT2D eigenvalue weighted by Crippen LogP contribution is -2.28. The quantitative estimate of drug-likeness (QED) is 0.406. The fraction of sp³-hybridized carbons (Fsp3) is 1.00. The van der Waals surface area contributed by atoms with E-state index in [9.17, 15) is 10.2 Å². The van der Waals surface area contributed by atoms with Crippen molar-refractivity contribution in [3.05, 3.63) is 0 Å². The van der Waals surface area contributed by atoms with E-state index in [4.69, 9.17) is 9.84 Å². The molecule has 0 spiro atoms. The summed E-state index contributed by atoms with van der Waals surface area (Å²) in [6.45, 7) is 3.61. The van der Waals surface area contributed by atoms with Gasteiger partial charge in [0, 0.05) is 13.2 Å². The molecule has 0 aromatic rings. The summed E-state index contributed by atoms with van der Waals surface area (Å²) in [6, 6.07) is 0. The minimum atomic E-state index is -0.984. The zero-order chi connectivity index (χ0) is 15.1. The first-order valence-electron chi connectivity index (χ1n) is 8.27. The second-order valence-corrected chi connectivity index (χ2v) is 5.55. The fourth-order valence-corrected chi connectivity index (χ4v) is 2.10. The Labute approximate surface area is 124 Å². The van der Waals surface area contributed by atoms with Crippen molar-refractivity contribution in [2.45, 2.75) is 83.3 Å². The third kappa shape index (κ3) is 12.9. The molecule has 0 saturated carbocycles. The Kier molecular flexibility index (Phi) is 15.1. The maximum absolute atomic E-state index is 9.46. The van der Waals surface area contributed by atoms with Gasteiger partial charge in [-0.1, -0.05) is 51.9 Å². The van der Waals surface area contributed by atoms with Crippen LogP contribution in [0.25, 0.3) is 0 Å². The molecular weight excluding hydrogens is 256 g/mol. The molecule has 4 heteroatoms. The van der Waals surface area contributed by atoms with Crippen LogP contribution in [0.2, 0.25) is 0 Å². The van der Waals surface area contributed by atoms with Gasteiger partial charge in [0.2, 0.25) is 0 Å². The molecule has 0 rings (SSSR count). The molecule has 122 valence electrons. The molecule has 0 aliphatic rings. The molecule has 0 fully saturated rings. The van der Waals surface area contributed by atoms with Gasteiger partial charge >= 0.3 is 0 Å². The van der Waals surface area contributed by atoms with Crippen molar-refractivity contribution < 1.29 is 20.1 Å². The normalized spacial score (nSPS) is 14.4. The van der Waals surface area contributed by atoms with Crippen molar-refractivity contribution >= 4 is 0 Å². The highest BCUT2D eigenvalue weighted by molar-refractivity contribution is 4.65. The van der Waals surface area contributed by atoms with Crippen molar-refractivity contribution in [2.75, 3.05) is 19.8 Å². The van der Waals surface area contributed by atoms with Crippen molar-refractivity contribution in [1.29, 1.82) is 0 Å². The molecule has 0 aliphatic heterocycles. The van der Waals surface area contributed by atoms with Gasteiger partial charge in [-0.15, -0.1) is 0 Å². The third-order valence-electron chi connectivity index (χ3n) is 3.56. The molecule has 20 heavy (non-hydrogen) atoms. The molecule has 0 aliphatic carbocycles. The van der Waals surface area contributed by atoms with E-state index in [0.29, 0.717) is 6.42 Å². The Morgan fingerprint density at radius 2 is 1.30 bits per heavy atom. The number of aliphatic hydroxyl groups is 3. The van der Waals surface area contributed by atoms with E-state index in [0.717, 1.165) is 38.9 Å². The maximum atomic E-state index is 9.46. The van der Waals surface area contributed by atoms with Crippen LogP contribution in [0.4, 0.5) is 0 Å². The summed E-state index contributed by atoms with van der Waals surface area (Å²) in [5.74, 6) is 0. The van der Waals surface area contributed by atoms with Crippen LogP contribution in [0.3, 0.4) is 0 Å². The van der Waals surface area contributed by atoms with Gasteiger partial charge in [-0.2, -0.15) is 0 Å². The first-order chi connectivity index (χ1) is 9.72. The summed E-state index contributed by atoms with van der Waals surface area (Å²) in [5.41, 5.74) is 0. The van der Waals surface area contributed by atoms with Crippen LogP contribution < -0.4 is 0 Å². The van der Waals surface area contributed by atoms with Crippen molar-refractivity contribution in [3.63, 3.8) is 0 Å². The summed E-state index contributed by atoms with van der Waals surface area (Å²) in [6.07, 6.45) is 9.23. The number of unbranched alkanes of at least 4 members (excludes halogenated alkanes) is 7. The SMILES string of the molecule is CCCCOCCCCCCCCCC(O)C(O)CO. The summed E-state index contributed by atoms with van der Waals surface area (Å²) in [7, 11) is 0. The van der Waals surface area contributed by atoms with Gasteiger partial charge in [-0.3, -0.25) is 0 Å². The molecule has 0 aromatic heterocycles. The number of hydrogen-bond acceptors (Lipinski definition) is 4. The second-order valence-electron chi connectivity index (χ2n) is 5.55. The molecule has 4 nitrogen and oxygen atoms in total. The van der Waals surface area contributed by atoms with E-state index in [1.54, 1.807) is 0 Å². The standard InChI is InChI=1S/C16H34O4/c1-2-3-12-20-13-10-8-6-4-5-7-9-11-15(18)16(19)14-17/h15-19H,2-14H2,1H3. The van der Waals surface area contributed by atoms with Gasteiger partial charge in [0.25, 0.3) is 0 Å². The molecular formula is C16H34O4. The highest BCUT2D eigenvalue weighted by Gasteiger charge is 2.13. The topological polar surface area (TPSA) is 69.9 Å². The monoisotopic (exact) mass is 290 g/mol. The highest BCUT2D eigenvalue weighted by Crippen LogP contribution is 2.11. The Morgan fingerprint density at radius 3 is 1.90 bits per heavy atom. The predicted octanol–water partition coefficient (Wildman–Crippen LogP) is 2.64. The van der Waals surface area contributed by atoms with Gasteiger partial charge in [0.05, 0.1) is 12.7 Å². The minimum Gasteiger partial charge on any atom is -0.394 e. The van der Waals surface area contributed by atoms with E-state index in [-0.39, 0.29) is 6.61 Å². The third-order valence-corrected chi connectivity index (χ3v) is 3.56. The highest BCUT2D eigenvalue weighted by atomic mass is 16.5. The molecule has 0 saturated heterocycles. The number of hydrogen-bond donors (Lipinski definition) is 3. The minimum absolute atomic E-state index is 0.360. The summed E-state index contributed by atoms with van der Waals surface area (Å²) < 4.78 is 5.51. The second kappa shape index (κ2) is 15.2. The van der Waals surface area contributed by atoms with E-state index in [1.165, 1.54) is 32.1 Å². The zero-order valence-corrected chi connectivity index (χ0v) is 13.1. The Bertz CT molecular complexity index is 187. The molecule has 2 unspecified atom stereocenters. The summed E-state index contributed by atoms with van der Waals surface area (Å²) in [4.78, 5) is 0. The fourth-order valence-electron chi connectivity index (χ4n) is 2.10. The van der Waals surface area contributed by atoms with Crippen molar-refractivity contribution in [2.24, 2.45) is 0 Å². The predicted molar refractivity (Wildman–Crippen MR) is 81.8 cm³/mol. The van der Waals surface area contributed by atoms with Crippen LogP contribution in [0, 0.1) is 0 Å². The van der Waals surface area contributed by atoms with E-state index < -0.39 is 12.2 Å². The van der Waals surface area contributed by atoms with E-state index in [2.05, 4.69) is 6.92 Å². The van der Waals surface area contributed by atoms with E-state index in [1.807, 2.05) is 0 Å². The molecule has 2 atom stereocenters. The van der Waals surface area contributed by atoms with Gasteiger partial charge in [-0.25, -0.2) is 0 Å². The zero-order valence-electron chi connectivity index (χ0n) is 13.1. The molecule has 0 aromatic carbocycles. The lowest BCUT2D eigenvalue weighted by atomic mass is 10.0. The average Bonchev–Trinajstić information content (AvgIpc) is 2.47. The Hall–Kier alpha value is -0.160. The van der Waals surface area contributed by atoms with Crippen molar-refractivity contribution in [1.82, 2.24) is 0 Å². The molecule has 0 bridgehead atoms. The van der Waals surface area contributed by atoms with Crippen LogP contribution in [-0.4, -0.2) is 47.3 Å². The lowest BCUT2D eigenvalue weighted by molar-refractivity contribution is -0.0185. The number of aliphatic hydroxyl groups excluding tert-OH is 3. The summed E-state index contributed by atoms with van der Waals surface area (Å²) >= 11 is 0. The Balaban J connectivity index is 3.10. The van der Waals surface area contributed by atoms with Crippen LogP contribution >= 0.6 is 0 Å². The van der Waals surface area contributed by atoms with Gasteiger partial charge in [0.15, 0.2) is 0 Å². The number of ether oxygens (including phenoxy) is 1. The molecule has 0 radical (unpaired) electrons. The first-order valence-corrected chi connectivity index (χ1v) is 8.27. The first kappa shape index (κ1) is 19.8. The van der Waals surface area contributed by atoms with Gasteiger partial charge in [0.1, 0.15) is 6.10 Å². The lowest BCUT2D eigenvalue weighted by Gasteiger charge is -2.14. The maximum Gasteiger partial charge on any atom is 0.103 e. The largest absolute Gasteiger partial charge is 0.394 e. The molecule has 0 amide bonds.